The highest BCUT2D eigenvalue weighted by molar-refractivity contribution is 6.00. The number of anilines is 1. The van der Waals surface area contributed by atoms with Crippen LogP contribution in [0.25, 0.3) is 22.3 Å². The summed E-state index contributed by atoms with van der Waals surface area (Å²) in [6.07, 6.45) is 2.27. The number of carbonyl (C=O) groups is 1. The Kier molecular flexibility index (Phi) is 6.94. The van der Waals surface area contributed by atoms with Gasteiger partial charge in [-0.25, -0.2) is 4.39 Å². The average molecular weight is 510 g/mol. The molecule has 0 unspecified atom stereocenters. The number of carbonyl (C=O) groups excluding carboxylic acids is 1. The lowest BCUT2D eigenvalue weighted by Crippen LogP contribution is -2.16. The van der Waals surface area contributed by atoms with E-state index in [1.165, 1.54) is 12.1 Å². The topological polar surface area (TPSA) is 76.4 Å². The number of aliphatic hydroxyl groups is 1. The fourth-order valence-corrected chi connectivity index (χ4v) is 4.69. The van der Waals surface area contributed by atoms with Crippen molar-refractivity contribution in [1.29, 1.82) is 0 Å². The second kappa shape index (κ2) is 10.5. The number of hydrogen-bond donors (Lipinski definition) is 2. The van der Waals surface area contributed by atoms with Gasteiger partial charge in [0, 0.05) is 18.1 Å². The van der Waals surface area contributed by atoms with Crippen LogP contribution >= 0.6 is 0 Å². The Morgan fingerprint density at radius 3 is 2.45 bits per heavy atom. The predicted octanol–water partition coefficient (Wildman–Crippen LogP) is 6.27. The molecule has 5 rings (SSSR count). The van der Waals surface area contributed by atoms with Crippen LogP contribution in [-0.4, -0.2) is 21.1 Å². The van der Waals surface area contributed by atoms with Gasteiger partial charge >= 0.3 is 0 Å². The van der Waals surface area contributed by atoms with E-state index in [9.17, 15) is 14.3 Å². The van der Waals surface area contributed by atoms with E-state index < -0.39 is 5.60 Å². The van der Waals surface area contributed by atoms with Gasteiger partial charge in [-0.15, -0.1) is 0 Å². The minimum absolute atomic E-state index is 0.285. The molecule has 2 heterocycles. The van der Waals surface area contributed by atoms with Crippen LogP contribution in [0.15, 0.2) is 91.1 Å². The van der Waals surface area contributed by atoms with Gasteiger partial charge < -0.3 is 19.7 Å². The molecule has 7 heteroatoms. The summed E-state index contributed by atoms with van der Waals surface area (Å²) in [5.41, 5.74) is 3.86. The highest BCUT2D eigenvalue weighted by Gasteiger charge is 2.29. The maximum Gasteiger partial charge on any atom is 0.211 e. The van der Waals surface area contributed by atoms with Gasteiger partial charge in [0.05, 0.1) is 16.8 Å². The molecule has 38 heavy (non-hydrogen) atoms. The molecule has 3 aromatic carbocycles. The molecule has 0 fully saturated rings. The Bertz CT molecular complexity index is 1570. The number of fused-ring (bicyclic) bond motifs is 1. The molecule has 2 N–H and O–H groups in total. The monoisotopic (exact) mass is 509 g/mol. The molecule has 2 aromatic heterocycles. The van der Waals surface area contributed by atoms with E-state index in [1.54, 1.807) is 44.3 Å². The number of aromatic nitrogens is 2. The molecule has 192 valence electrons. The van der Waals surface area contributed by atoms with Gasteiger partial charge in [-0.05, 0) is 60.9 Å². The number of ether oxygens (including phenoxy) is 1. The smallest absolute Gasteiger partial charge is 0.211 e. The Morgan fingerprint density at radius 2 is 1.74 bits per heavy atom. The third-order valence-electron chi connectivity index (χ3n) is 6.43. The molecule has 5 aromatic rings. The highest BCUT2D eigenvalue weighted by Crippen LogP contribution is 2.46. The van der Waals surface area contributed by atoms with Crippen molar-refractivity contribution < 1.29 is 19.0 Å². The van der Waals surface area contributed by atoms with E-state index in [-0.39, 0.29) is 12.4 Å². The molecular formula is C31H28FN3O3. The summed E-state index contributed by atoms with van der Waals surface area (Å²) in [5, 5.41) is 14.6. The number of benzene rings is 3. The second-order valence-electron chi connectivity index (χ2n) is 9.59. The van der Waals surface area contributed by atoms with E-state index in [2.05, 4.69) is 10.3 Å². The van der Waals surface area contributed by atoms with Crippen LogP contribution in [0.1, 0.15) is 30.5 Å². The van der Waals surface area contributed by atoms with Crippen LogP contribution in [0.4, 0.5) is 10.1 Å². The van der Waals surface area contributed by atoms with Gasteiger partial charge in [0.25, 0.3) is 0 Å². The lowest BCUT2D eigenvalue weighted by molar-refractivity contribution is -0.105. The Balaban J connectivity index is 1.82. The Labute approximate surface area is 220 Å². The Hall–Kier alpha value is -4.49. The van der Waals surface area contributed by atoms with E-state index in [0.717, 1.165) is 22.0 Å². The number of amides is 1. The number of rotatable bonds is 9. The lowest BCUT2D eigenvalue weighted by Gasteiger charge is -2.20. The van der Waals surface area contributed by atoms with Crippen LogP contribution in [0.3, 0.4) is 0 Å². The van der Waals surface area contributed by atoms with Crippen LogP contribution in [0, 0.1) is 5.82 Å². The first kappa shape index (κ1) is 25.2. The summed E-state index contributed by atoms with van der Waals surface area (Å²) in [6.45, 7) is 4.14. The van der Waals surface area contributed by atoms with Crippen molar-refractivity contribution in [2.75, 3.05) is 5.32 Å². The molecule has 0 aliphatic carbocycles. The molecule has 1 amide bonds. The minimum atomic E-state index is -1.17. The quantitative estimate of drug-likeness (QED) is 0.230. The SMILES string of the molecule is CC(C)(O)c1cccc2c1c(OCc1ccccc1)c(-c1ncccc1NC=O)n2Cc1ccc(F)cc1. The summed E-state index contributed by atoms with van der Waals surface area (Å²) in [4.78, 5) is 16.1. The number of nitrogens with one attached hydrogen (secondary N) is 1. The zero-order chi connectivity index (χ0) is 26.7. The molecule has 6 nitrogen and oxygen atoms in total. The van der Waals surface area contributed by atoms with Crippen molar-refractivity contribution in [2.45, 2.75) is 32.6 Å². The number of nitrogens with zero attached hydrogens (tertiary/aromatic N) is 2. The minimum Gasteiger partial charge on any atom is -0.486 e. The molecule has 0 atom stereocenters. The summed E-state index contributed by atoms with van der Waals surface area (Å²) < 4.78 is 22.3. The first-order valence-electron chi connectivity index (χ1n) is 12.3. The van der Waals surface area contributed by atoms with Crippen LogP contribution < -0.4 is 10.1 Å². The molecule has 0 aliphatic heterocycles. The largest absolute Gasteiger partial charge is 0.486 e. The fourth-order valence-electron chi connectivity index (χ4n) is 4.69. The van der Waals surface area contributed by atoms with Gasteiger partial charge in [0.15, 0.2) is 5.75 Å². The first-order chi connectivity index (χ1) is 18.4. The zero-order valence-electron chi connectivity index (χ0n) is 21.2. The van der Waals surface area contributed by atoms with Crippen LogP contribution in [0.5, 0.6) is 5.75 Å². The zero-order valence-corrected chi connectivity index (χ0v) is 21.2. The first-order valence-corrected chi connectivity index (χ1v) is 12.3. The third kappa shape index (κ3) is 5.01. The number of halogens is 1. The predicted molar refractivity (Wildman–Crippen MR) is 146 cm³/mol. The van der Waals surface area contributed by atoms with Crippen molar-refractivity contribution in [3.8, 4) is 17.1 Å². The second-order valence-corrected chi connectivity index (χ2v) is 9.59. The van der Waals surface area contributed by atoms with Crippen molar-refractivity contribution >= 4 is 23.0 Å². The standard InChI is InChI=1S/C31H28FN3O3/c1-31(2,37)24-10-6-12-26-27(24)30(38-19-22-8-4-3-5-9-22)29(28-25(34-20-36)11-7-17-33-28)35(26)18-21-13-15-23(32)16-14-21/h3-17,20,37H,18-19H2,1-2H3,(H,34,36). The van der Waals surface area contributed by atoms with Gasteiger partial charge in [-0.3, -0.25) is 9.78 Å². The molecule has 0 aliphatic rings. The van der Waals surface area contributed by atoms with E-state index in [1.807, 2.05) is 53.1 Å². The lowest BCUT2D eigenvalue weighted by atomic mass is 9.94. The third-order valence-corrected chi connectivity index (χ3v) is 6.43. The number of hydrogen-bond acceptors (Lipinski definition) is 4. The van der Waals surface area contributed by atoms with E-state index in [0.29, 0.717) is 41.3 Å². The molecule has 0 bridgehead atoms. The molecule has 0 saturated carbocycles. The van der Waals surface area contributed by atoms with Gasteiger partial charge in [-0.1, -0.05) is 54.6 Å². The van der Waals surface area contributed by atoms with Crippen molar-refractivity contribution in [3.05, 3.63) is 114 Å². The van der Waals surface area contributed by atoms with Crippen molar-refractivity contribution in [3.63, 3.8) is 0 Å². The maximum absolute atomic E-state index is 13.7. The summed E-state index contributed by atoms with van der Waals surface area (Å²) >= 11 is 0. The van der Waals surface area contributed by atoms with Crippen molar-refractivity contribution in [2.24, 2.45) is 0 Å². The highest BCUT2D eigenvalue weighted by atomic mass is 19.1. The van der Waals surface area contributed by atoms with Crippen LogP contribution in [-0.2, 0) is 23.5 Å². The molecule has 0 radical (unpaired) electrons. The summed E-state index contributed by atoms with van der Waals surface area (Å²) in [7, 11) is 0. The molecule has 0 spiro atoms. The average Bonchev–Trinajstić information content (AvgIpc) is 3.22. The summed E-state index contributed by atoms with van der Waals surface area (Å²) in [6, 6.07) is 25.4. The van der Waals surface area contributed by atoms with Gasteiger partial charge in [-0.2, -0.15) is 0 Å². The normalized spacial score (nSPS) is 11.5. The van der Waals surface area contributed by atoms with Crippen LogP contribution in [0.2, 0.25) is 0 Å². The van der Waals surface area contributed by atoms with Gasteiger partial charge in [0.2, 0.25) is 6.41 Å². The van der Waals surface area contributed by atoms with Crippen molar-refractivity contribution in [1.82, 2.24) is 9.55 Å². The van der Waals surface area contributed by atoms with Gasteiger partial charge in [0.1, 0.15) is 23.8 Å². The van der Waals surface area contributed by atoms with E-state index in [4.69, 9.17) is 4.74 Å². The molecular weight excluding hydrogens is 481 g/mol. The fraction of sp³-hybridized carbons (Fsp3) is 0.161. The summed E-state index contributed by atoms with van der Waals surface area (Å²) in [5.74, 6) is 0.223. The number of pyridine rings is 1. The maximum atomic E-state index is 13.7. The molecule has 0 saturated heterocycles. The Morgan fingerprint density at radius 1 is 0.974 bits per heavy atom. The van der Waals surface area contributed by atoms with E-state index >= 15 is 0 Å².